The van der Waals surface area contributed by atoms with Crippen molar-refractivity contribution >= 4 is 10.0 Å². The van der Waals surface area contributed by atoms with E-state index in [1.165, 1.54) is 6.92 Å². The van der Waals surface area contributed by atoms with E-state index in [9.17, 15) is 31.1 Å². The van der Waals surface area contributed by atoms with Gasteiger partial charge < -0.3 is 9.84 Å². The number of halogens is 4. The van der Waals surface area contributed by atoms with E-state index < -0.39 is 56.4 Å². The molecule has 2 atom stereocenters. The van der Waals surface area contributed by atoms with Crippen molar-refractivity contribution < 1.29 is 35.8 Å². The molecule has 1 aliphatic rings. The molecule has 0 unspecified atom stereocenters. The zero-order valence-corrected chi connectivity index (χ0v) is 12.2. The van der Waals surface area contributed by atoms with Crippen LogP contribution in [0.5, 0.6) is 0 Å². The number of rotatable bonds is 4. The van der Waals surface area contributed by atoms with Crippen molar-refractivity contribution in [2.75, 3.05) is 13.2 Å². The van der Waals surface area contributed by atoms with Crippen molar-refractivity contribution in [3.8, 4) is 0 Å². The van der Waals surface area contributed by atoms with Crippen LogP contribution in [0.4, 0.5) is 17.6 Å². The molecule has 0 spiro atoms. The van der Waals surface area contributed by atoms with Crippen LogP contribution in [0, 0.1) is 23.3 Å². The second-order valence-electron chi connectivity index (χ2n) is 4.99. The van der Waals surface area contributed by atoms with Gasteiger partial charge in [0.1, 0.15) is 5.60 Å². The fraction of sp³-hybridized carbons (Fsp3) is 0.500. The van der Waals surface area contributed by atoms with Crippen LogP contribution in [0.25, 0.3) is 0 Å². The molecule has 5 nitrogen and oxygen atoms in total. The lowest BCUT2D eigenvalue weighted by molar-refractivity contribution is -0.0228. The molecule has 1 aromatic rings. The molecular formula is C12H13F4NO4S. The number of hydrogen-bond donors (Lipinski definition) is 2. The van der Waals surface area contributed by atoms with Gasteiger partial charge in [-0.3, -0.25) is 0 Å². The molecule has 0 aliphatic carbocycles. The van der Waals surface area contributed by atoms with Crippen LogP contribution in [-0.4, -0.2) is 38.4 Å². The Bertz CT molecular complexity index is 671. The van der Waals surface area contributed by atoms with E-state index in [1.54, 1.807) is 4.72 Å². The van der Waals surface area contributed by atoms with E-state index >= 15 is 0 Å². The highest BCUT2D eigenvalue weighted by molar-refractivity contribution is 7.89. The molecule has 2 N–H and O–H groups in total. The van der Waals surface area contributed by atoms with Gasteiger partial charge in [0.2, 0.25) is 10.0 Å². The summed E-state index contributed by atoms with van der Waals surface area (Å²) in [6, 6.07) is -0.0931. The Morgan fingerprint density at radius 1 is 1.32 bits per heavy atom. The molecule has 1 saturated heterocycles. The summed E-state index contributed by atoms with van der Waals surface area (Å²) in [7, 11) is -4.91. The second kappa shape index (κ2) is 5.76. The van der Waals surface area contributed by atoms with Gasteiger partial charge in [-0.2, -0.15) is 0 Å². The molecule has 1 fully saturated rings. The van der Waals surface area contributed by atoms with Gasteiger partial charge in [-0.1, -0.05) is 0 Å². The quantitative estimate of drug-likeness (QED) is 0.633. The highest BCUT2D eigenvalue weighted by Gasteiger charge is 2.41. The van der Waals surface area contributed by atoms with Crippen molar-refractivity contribution in [2.45, 2.75) is 29.9 Å². The van der Waals surface area contributed by atoms with Gasteiger partial charge in [0, 0.05) is 25.6 Å². The summed E-state index contributed by atoms with van der Waals surface area (Å²) in [5, 5.41) is 10.1. The zero-order valence-electron chi connectivity index (χ0n) is 11.4. The minimum absolute atomic E-state index is 0.0931. The second-order valence-corrected chi connectivity index (χ2v) is 6.69. The average Bonchev–Trinajstić information content (AvgIpc) is 2.75. The van der Waals surface area contributed by atoms with Crippen molar-refractivity contribution in [2.24, 2.45) is 0 Å². The standard InChI is InChI=1S/C12H13F4NO4S/c1-6-12(18,2-3-21-6)5-17-22(19,20)11-9(15)7(13)4-8(14)10(11)16/h4,6,17-18H,2-3,5H2,1H3/t6-,12-/m1/s1. The molecule has 22 heavy (non-hydrogen) atoms. The largest absolute Gasteiger partial charge is 0.386 e. The predicted molar refractivity (Wildman–Crippen MR) is 66.4 cm³/mol. The first-order valence-electron chi connectivity index (χ1n) is 6.25. The molecule has 0 amide bonds. The molecule has 0 radical (unpaired) electrons. The number of hydrogen-bond acceptors (Lipinski definition) is 4. The van der Waals surface area contributed by atoms with E-state index in [2.05, 4.69) is 0 Å². The Morgan fingerprint density at radius 2 is 1.86 bits per heavy atom. The number of aliphatic hydroxyl groups is 1. The summed E-state index contributed by atoms with van der Waals surface area (Å²) < 4.78 is 83.9. The first-order valence-corrected chi connectivity index (χ1v) is 7.73. The number of benzene rings is 1. The molecule has 0 bridgehead atoms. The van der Waals surface area contributed by atoms with Crippen LogP contribution >= 0.6 is 0 Å². The van der Waals surface area contributed by atoms with Crippen LogP contribution in [0.1, 0.15) is 13.3 Å². The lowest BCUT2D eigenvalue weighted by atomic mass is 9.97. The fourth-order valence-corrected chi connectivity index (χ4v) is 3.33. The maximum absolute atomic E-state index is 13.5. The van der Waals surface area contributed by atoms with Gasteiger partial charge in [0.25, 0.3) is 0 Å². The average molecular weight is 343 g/mol. The van der Waals surface area contributed by atoms with Gasteiger partial charge in [-0.05, 0) is 6.92 Å². The maximum Gasteiger partial charge on any atom is 0.246 e. The van der Waals surface area contributed by atoms with Crippen molar-refractivity contribution in [3.05, 3.63) is 29.3 Å². The van der Waals surface area contributed by atoms with Gasteiger partial charge >= 0.3 is 0 Å². The summed E-state index contributed by atoms with van der Waals surface area (Å²) in [4.78, 5) is -1.76. The molecule has 1 heterocycles. The monoisotopic (exact) mass is 343 g/mol. The van der Waals surface area contributed by atoms with E-state index in [4.69, 9.17) is 4.74 Å². The third kappa shape index (κ3) is 2.96. The molecule has 124 valence electrons. The third-order valence-electron chi connectivity index (χ3n) is 3.57. The molecule has 0 saturated carbocycles. The Hall–Kier alpha value is -1.23. The number of sulfonamides is 1. The summed E-state index contributed by atoms with van der Waals surface area (Å²) in [5.74, 6) is -7.74. The van der Waals surface area contributed by atoms with Gasteiger partial charge in [-0.15, -0.1) is 0 Å². The van der Waals surface area contributed by atoms with E-state index in [-0.39, 0.29) is 19.1 Å². The smallest absolute Gasteiger partial charge is 0.246 e. The first-order chi connectivity index (χ1) is 10.1. The van der Waals surface area contributed by atoms with E-state index in [0.717, 1.165) is 0 Å². The topological polar surface area (TPSA) is 75.6 Å². The van der Waals surface area contributed by atoms with Gasteiger partial charge in [0.05, 0.1) is 6.10 Å². The van der Waals surface area contributed by atoms with Crippen LogP contribution in [-0.2, 0) is 14.8 Å². The zero-order chi connectivity index (χ0) is 16.7. The van der Waals surface area contributed by atoms with Crippen LogP contribution in [0.2, 0.25) is 0 Å². The van der Waals surface area contributed by atoms with E-state index in [1.807, 2.05) is 0 Å². The summed E-state index contributed by atoms with van der Waals surface area (Å²) >= 11 is 0. The van der Waals surface area contributed by atoms with Crippen LogP contribution in [0.15, 0.2) is 11.0 Å². The van der Waals surface area contributed by atoms with Crippen molar-refractivity contribution in [3.63, 3.8) is 0 Å². The summed E-state index contributed by atoms with van der Waals surface area (Å²) in [6.07, 6.45) is -0.617. The minimum atomic E-state index is -4.91. The third-order valence-corrected chi connectivity index (χ3v) is 4.99. The number of ether oxygens (including phenoxy) is 1. The Morgan fingerprint density at radius 3 is 2.32 bits per heavy atom. The van der Waals surface area contributed by atoms with Crippen LogP contribution < -0.4 is 4.72 Å². The maximum atomic E-state index is 13.5. The summed E-state index contributed by atoms with van der Waals surface area (Å²) in [6.45, 7) is 1.05. The minimum Gasteiger partial charge on any atom is -0.386 e. The Kier molecular flexibility index (Phi) is 4.49. The lowest BCUT2D eigenvalue weighted by Crippen LogP contribution is -2.47. The fourth-order valence-electron chi connectivity index (χ4n) is 2.08. The predicted octanol–water partition coefficient (Wildman–Crippen LogP) is 1.06. The normalized spacial score (nSPS) is 25.6. The molecule has 0 aromatic heterocycles. The van der Waals surface area contributed by atoms with Crippen molar-refractivity contribution in [1.82, 2.24) is 4.72 Å². The Labute approximate surface area is 123 Å². The first kappa shape index (κ1) is 17.1. The van der Waals surface area contributed by atoms with Gasteiger partial charge in [-0.25, -0.2) is 30.7 Å². The SMILES string of the molecule is C[C@H]1OCC[C@@]1(O)CNS(=O)(=O)c1c(F)c(F)cc(F)c1F. The lowest BCUT2D eigenvalue weighted by Gasteiger charge is -2.26. The highest BCUT2D eigenvalue weighted by atomic mass is 32.2. The molecule has 1 aliphatic heterocycles. The van der Waals surface area contributed by atoms with Crippen molar-refractivity contribution in [1.29, 1.82) is 0 Å². The molecule has 1 aromatic carbocycles. The number of nitrogens with one attached hydrogen (secondary N) is 1. The van der Waals surface area contributed by atoms with Gasteiger partial charge in [0.15, 0.2) is 28.2 Å². The Balaban J connectivity index is 2.32. The highest BCUT2D eigenvalue weighted by Crippen LogP contribution is 2.27. The molecule has 10 heteroatoms. The molecular weight excluding hydrogens is 330 g/mol. The summed E-state index contributed by atoms with van der Waals surface area (Å²) in [5.41, 5.74) is -1.58. The van der Waals surface area contributed by atoms with Crippen LogP contribution in [0.3, 0.4) is 0 Å². The molecule has 2 rings (SSSR count). The van der Waals surface area contributed by atoms with E-state index in [0.29, 0.717) is 0 Å².